The van der Waals surface area contributed by atoms with Gasteiger partial charge in [0.2, 0.25) is 5.91 Å². The van der Waals surface area contributed by atoms with Gasteiger partial charge in [0, 0.05) is 38.6 Å². The molecule has 3 aromatic rings. The maximum atomic E-state index is 12.4. The number of aromatic nitrogens is 1. The zero-order valence-corrected chi connectivity index (χ0v) is 17.5. The lowest BCUT2D eigenvalue weighted by Crippen LogP contribution is -2.27. The quantitative estimate of drug-likeness (QED) is 0.498. The molecule has 0 saturated carbocycles. The van der Waals surface area contributed by atoms with Crippen LogP contribution in [0.4, 0.5) is 0 Å². The Bertz CT molecular complexity index is 877. The molecule has 3 rings (SSSR count). The fourth-order valence-corrected chi connectivity index (χ4v) is 4.93. The van der Waals surface area contributed by atoms with Crippen LogP contribution < -0.4 is 0 Å². The molecule has 7 heteroatoms. The second-order valence-electron chi connectivity index (χ2n) is 5.70. The standard InChI is InChI=1S/C18H16BrClN2OS2/c1-22(9-16-7-13(19)10-24-16)18(23)8-15-11-25-17(21-15)6-12-3-2-4-14(20)5-12/h2-5,7,10-11H,6,8-9H2,1H3. The zero-order chi connectivity index (χ0) is 17.8. The Morgan fingerprint density at radius 3 is 2.84 bits per heavy atom. The summed E-state index contributed by atoms with van der Waals surface area (Å²) in [4.78, 5) is 19.9. The first-order chi connectivity index (χ1) is 12.0. The van der Waals surface area contributed by atoms with E-state index in [-0.39, 0.29) is 5.91 Å². The Morgan fingerprint density at radius 1 is 1.28 bits per heavy atom. The van der Waals surface area contributed by atoms with Gasteiger partial charge in [0.15, 0.2) is 0 Å². The summed E-state index contributed by atoms with van der Waals surface area (Å²) >= 11 is 12.7. The summed E-state index contributed by atoms with van der Waals surface area (Å²) in [6, 6.07) is 9.82. The van der Waals surface area contributed by atoms with E-state index in [1.54, 1.807) is 27.6 Å². The number of thiazole rings is 1. The van der Waals surface area contributed by atoms with Crippen LogP contribution in [0, 0.1) is 0 Å². The summed E-state index contributed by atoms with van der Waals surface area (Å²) in [5.74, 6) is 0.0733. The van der Waals surface area contributed by atoms with Crippen LogP contribution in [-0.2, 0) is 24.2 Å². The maximum absolute atomic E-state index is 12.4. The van der Waals surface area contributed by atoms with Crippen molar-refractivity contribution in [3.63, 3.8) is 0 Å². The van der Waals surface area contributed by atoms with Crippen molar-refractivity contribution < 1.29 is 4.79 Å². The number of carbonyl (C=O) groups excluding carboxylic acids is 1. The largest absolute Gasteiger partial charge is 0.340 e. The lowest BCUT2D eigenvalue weighted by atomic mass is 10.2. The highest BCUT2D eigenvalue weighted by molar-refractivity contribution is 9.10. The van der Waals surface area contributed by atoms with Crippen molar-refractivity contribution in [2.75, 3.05) is 7.05 Å². The minimum Gasteiger partial charge on any atom is -0.340 e. The second-order valence-corrected chi connectivity index (χ2v) is 8.99. The molecule has 0 spiro atoms. The number of thiophene rings is 1. The van der Waals surface area contributed by atoms with Gasteiger partial charge in [-0.3, -0.25) is 4.79 Å². The van der Waals surface area contributed by atoms with E-state index in [0.717, 1.165) is 37.1 Å². The Kier molecular flexibility index (Phi) is 6.28. The number of likely N-dealkylation sites (N-methyl/N-ethyl adjacent to an activating group) is 1. The molecule has 0 aliphatic carbocycles. The SMILES string of the molecule is CN(Cc1cc(Br)cs1)C(=O)Cc1csc(Cc2cccc(Cl)c2)n1. The van der Waals surface area contributed by atoms with Crippen molar-refractivity contribution in [3.05, 3.63) is 71.7 Å². The smallest absolute Gasteiger partial charge is 0.228 e. The third-order valence-electron chi connectivity index (χ3n) is 3.62. The first kappa shape index (κ1) is 18.6. The lowest BCUT2D eigenvalue weighted by Gasteiger charge is -2.15. The van der Waals surface area contributed by atoms with Crippen LogP contribution in [-0.4, -0.2) is 22.8 Å². The molecule has 0 saturated heterocycles. The highest BCUT2D eigenvalue weighted by atomic mass is 79.9. The summed E-state index contributed by atoms with van der Waals surface area (Å²) in [6.45, 7) is 0.620. The second kappa shape index (κ2) is 8.45. The predicted molar refractivity (Wildman–Crippen MR) is 109 cm³/mol. The van der Waals surface area contributed by atoms with Crippen LogP contribution in [0.3, 0.4) is 0 Å². The molecule has 3 nitrogen and oxygen atoms in total. The predicted octanol–water partition coefficient (Wildman–Crippen LogP) is 5.41. The molecule has 1 aromatic carbocycles. The number of halogens is 2. The minimum absolute atomic E-state index is 0.0733. The summed E-state index contributed by atoms with van der Waals surface area (Å²) in [7, 11) is 1.83. The summed E-state index contributed by atoms with van der Waals surface area (Å²) in [6.07, 6.45) is 1.06. The minimum atomic E-state index is 0.0733. The van der Waals surface area contributed by atoms with Gasteiger partial charge in [0.1, 0.15) is 0 Å². The van der Waals surface area contributed by atoms with Gasteiger partial charge in [0.25, 0.3) is 0 Å². The number of rotatable bonds is 6. The number of nitrogens with zero attached hydrogens (tertiary/aromatic N) is 2. The van der Waals surface area contributed by atoms with Crippen molar-refractivity contribution >= 4 is 56.1 Å². The van der Waals surface area contributed by atoms with Gasteiger partial charge in [-0.05, 0) is 39.7 Å². The molecule has 0 unspecified atom stereocenters. The van der Waals surface area contributed by atoms with E-state index in [0.29, 0.717) is 13.0 Å². The molecule has 0 fully saturated rings. The van der Waals surface area contributed by atoms with Gasteiger partial charge in [-0.25, -0.2) is 4.98 Å². The van der Waals surface area contributed by atoms with E-state index in [2.05, 4.69) is 20.9 Å². The van der Waals surface area contributed by atoms with Crippen LogP contribution in [0.1, 0.15) is 21.1 Å². The van der Waals surface area contributed by atoms with Gasteiger partial charge >= 0.3 is 0 Å². The lowest BCUT2D eigenvalue weighted by molar-refractivity contribution is -0.129. The number of carbonyl (C=O) groups is 1. The Labute approximate surface area is 168 Å². The average molecular weight is 456 g/mol. The van der Waals surface area contributed by atoms with Crippen LogP contribution in [0.15, 0.2) is 45.6 Å². The van der Waals surface area contributed by atoms with Crippen molar-refractivity contribution in [1.82, 2.24) is 9.88 Å². The van der Waals surface area contributed by atoms with Gasteiger partial charge in [0.05, 0.1) is 23.7 Å². The summed E-state index contributed by atoms with van der Waals surface area (Å²) < 4.78 is 1.05. The highest BCUT2D eigenvalue weighted by Gasteiger charge is 2.13. The molecule has 0 N–H and O–H groups in total. The number of benzene rings is 1. The van der Waals surface area contributed by atoms with Gasteiger partial charge in [-0.15, -0.1) is 22.7 Å². The Hall–Kier alpha value is -1.21. The first-order valence-corrected chi connectivity index (χ1v) is 10.6. The van der Waals surface area contributed by atoms with Crippen molar-refractivity contribution in [2.45, 2.75) is 19.4 Å². The normalized spacial score (nSPS) is 10.8. The maximum Gasteiger partial charge on any atom is 0.228 e. The van der Waals surface area contributed by atoms with Crippen molar-refractivity contribution in [3.8, 4) is 0 Å². The molecule has 0 bridgehead atoms. The van der Waals surface area contributed by atoms with Crippen LogP contribution in [0.25, 0.3) is 0 Å². The Morgan fingerprint density at radius 2 is 2.12 bits per heavy atom. The van der Waals surface area contributed by atoms with E-state index in [4.69, 9.17) is 11.6 Å². The molecule has 1 amide bonds. The zero-order valence-electron chi connectivity index (χ0n) is 13.5. The van der Waals surface area contributed by atoms with Crippen molar-refractivity contribution in [2.24, 2.45) is 0 Å². The fraction of sp³-hybridized carbons (Fsp3) is 0.222. The molecule has 0 aliphatic heterocycles. The van der Waals surface area contributed by atoms with E-state index in [1.807, 2.05) is 48.1 Å². The van der Waals surface area contributed by atoms with Gasteiger partial charge in [-0.2, -0.15) is 0 Å². The molecular weight excluding hydrogens is 440 g/mol. The number of amides is 1. The third-order valence-corrected chi connectivity index (χ3v) is 6.43. The molecule has 25 heavy (non-hydrogen) atoms. The number of hydrogen-bond donors (Lipinski definition) is 0. The van der Waals surface area contributed by atoms with Crippen LogP contribution >= 0.6 is 50.2 Å². The first-order valence-electron chi connectivity index (χ1n) is 7.64. The fourth-order valence-electron chi connectivity index (χ4n) is 2.38. The van der Waals surface area contributed by atoms with Crippen molar-refractivity contribution in [1.29, 1.82) is 0 Å². The van der Waals surface area contributed by atoms with E-state index < -0.39 is 0 Å². The molecule has 0 atom stereocenters. The van der Waals surface area contributed by atoms with E-state index >= 15 is 0 Å². The topological polar surface area (TPSA) is 33.2 Å². The van der Waals surface area contributed by atoms with Gasteiger partial charge in [-0.1, -0.05) is 23.7 Å². The summed E-state index contributed by atoms with van der Waals surface area (Å²) in [5, 5.41) is 5.71. The average Bonchev–Trinajstić information content (AvgIpc) is 3.16. The molecular formula is C18H16BrClN2OS2. The van der Waals surface area contributed by atoms with Gasteiger partial charge < -0.3 is 4.90 Å². The highest BCUT2D eigenvalue weighted by Crippen LogP contribution is 2.21. The molecule has 0 radical (unpaired) electrons. The van der Waals surface area contributed by atoms with Crippen LogP contribution in [0.2, 0.25) is 5.02 Å². The van der Waals surface area contributed by atoms with E-state index in [1.165, 1.54) is 0 Å². The molecule has 130 valence electrons. The monoisotopic (exact) mass is 454 g/mol. The number of hydrogen-bond acceptors (Lipinski definition) is 4. The molecule has 2 heterocycles. The summed E-state index contributed by atoms with van der Waals surface area (Å²) in [5.41, 5.74) is 1.95. The molecule has 0 aliphatic rings. The Balaban J connectivity index is 1.57. The van der Waals surface area contributed by atoms with E-state index in [9.17, 15) is 4.79 Å². The third kappa shape index (κ3) is 5.38. The van der Waals surface area contributed by atoms with Crippen LogP contribution in [0.5, 0.6) is 0 Å². The molecule has 2 aromatic heterocycles.